The second-order valence-electron chi connectivity index (χ2n) is 4.61. The highest BCUT2D eigenvalue weighted by Gasteiger charge is 2.24. The number of hydrogen-bond donors (Lipinski definition) is 2. The number of hydrogen-bond acceptors (Lipinski definition) is 4. The first-order chi connectivity index (χ1) is 7.68. The molecular formula is C11H20N4O. The van der Waals surface area contributed by atoms with Gasteiger partial charge < -0.3 is 15.0 Å². The van der Waals surface area contributed by atoms with Crippen LogP contribution in [0.25, 0.3) is 0 Å². The minimum absolute atomic E-state index is 0.117. The first kappa shape index (κ1) is 11.5. The fraction of sp³-hybridized carbons (Fsp3) is 0.818. The molecule has 1 aromatic rings. The molecule has 2 N–H and O–H groups in total. The van der Waals surface area contributed by atoms with Crippen LogP contribution in [0.15, 0.2) is 0 Å². The normalized spacial score (nSPS) is 25.2. The van der Waals surface area contributed by atoms with Gasteiger partial charge in [0.25, 0.3) is 0 Å². The van der Waals surface area contributed by atoms with Crippen molar-refractivity contribution in [2.24, 2.45) is 13.0 Å². The van der Waals surface area contributed by atoms with E-state index < -0.39 is 0 Å². The minimum atomic E-state index is -0.117. The molecule has 0 amide bonds. The fourth-order valence-electron chi connectivity index (χ4n) is 2.23. The van der Waals surface area contributed by atoms with Crippen LogP contribution in [0.5, 0.6) is 0 Å². The number of aromatic nitrogens is 3. The second-order valence-corrected chi connectivity index (χ2v) is 4.61. The van der Waals surface area contributed by atoms with E-state index in [0.717, 1.165) is 44.0 Å². The van der Waals surface area contributed by atoms with Gasteiger partial charge in [-0.1, -0.05) is 6.42 Å². The van der Waals surface area contributed by atoms with Crippen molar-refractivity contribution in [3.8, 4) is 0 Å². The van der Waals surface area contributed by atoms with Crippen LogP contribution in [-0.4, -0.2) is 32.5 Å². The van der Waals surface area contributed by atoms with Crippen LogP contribution in [0.1, 0.15) is 30.9 Å². The summed E-state index contributed by atoms with van der Waals surface area (Å²) in [5.41, 5.74) is 0. The third-order valence-electron chi connectivity index (χ3n) is 3.49. The number of nitrogens with zero attached hydrogens (tertiary/aromatic N) is 3. The maximum absolute atomic E-state index is 9.67. The highest BCUT2D eigenvalue weighted by Crippen LogP contribution is 2.24. The van der Waals surface area contributed by atoms with E-state index in [9.17, 15) is 5.11 Å². The van der Waals surface area contributed by atoms with Crippen LogP contribution in [0.3, 0.4) is 0 Å². The molecule has 90 valence electrons. The van der Waals surface area contributed by atoms with Gasteiger partial charge in [0.05, 0.1) is 12.6 Å². The molecule has 0 spiro atoms. The molecule has 5 heteroatoms. The molecule has 0 saturated heterocycles. The molecule has 2 atom stereocenters. The second kappa shape index (κ2) is 4.93. The van der Waals surface area contributed by atoms with E-state index in [-0.39, 0.29) is 6.10 Å². The van der Waals surface area contributed by atoms with Gasteiger partial charge in [-0.3, -0.25) is 0 Å². The summed E-state index contributed by atoms with van der Waals surface area (Å²) in [6, 6.07) is 0. The Morgan fingerprint density at radius 1 is 1.44 bits per heavy atom. The van der Waals surface area contributed by atoms with E-state index >= 15 is 0 Å². The van der Waals surface area contributed by atoms with Crippen molar-refractivity contribution < 1.29 is 5.11 Å². The van der Waals surface area contributed by atoms with Crippen molar-refractivity contribution in [1.82, 2.24) is 20.1 Å². The molecule has 2 unspecified atom stereocenters. The van der Waals surface area contributed by atoms with Crippen molar-refractivity contribution in [2.75, 3.05) is 6.54 Å². The summed E-state index contributed by atoms with van der Waals surface area (Å²) in [4.78, 5) is 0. The third-order valence-corrected chi connectivity index (χ3v) is 3.49. The van der Waals surface area contributed by atoms with E-state index in [0.29, 0.717) is 5.92 Å². The van der Waals surface area contributed by atoms with E-state index in [1.807, 2.05) is 18.5 Å². The van der Waals surface area contributed by atoms with E-state index in [1.54, 1.807) is 0 Å². The van der Waals surface area contributed by atoms with Gasteiger partial charge in [-0.15, -0.1) is 10.2 Å². The monoisotopic (exact) mass is 224 g/mol. The zero-order valence-electron chi connectivity index (χ0n) is 9.98. The molecule has 2 rings (SSSR count). The van der Waals surface area contributed by atoms with Gasteiger partial charge in [0.15, 0.2) is 0 Å². The lowest BCUT2D eigenvalue weighted by atomic mass is 10.1. The molecule has 1 heterocycles. The molecule has 5 nitrogen and oxygen atoms in total. The molecule has 1 fully saturated rings. The number of aryl methyl sites for hydroxylation is 1. The van der Waals surface area contributed by atoms with Crippen LogP contribution in [0.4, 0.5) is 0 Å². The van der Waals surface area contributed by atoms with E-state index in [1.165, 1.54) is 0 Å². The molecule has 1 aromatic heterocycles. The summed E-state index contributed by atoms with van der Waals surface area (Å²) in [5, 5.41) is 21.1. The van der Waals surface area contributed by atoms with Crippen molar-refractivity contribution in [3.05, 3.63) is 11.6 Å². The van der Waals surface area contributed by atoms with Crippen LogP contribution in [0.2, 0.25) is 0 Å². The Labute approximate surface area is 95.9 Å². The summed E-state index contributed by atoms with van der Waals surface area (Å²) < 4.78 is 1.98. The Kier molecular flexibility index (Phi) is 3.56. The maximum Gasteiger partial charge on any atom is 0.146 e. The summed E-state index contributed by atoms with van der Waals surface area (Å²) in [7, 11) is 1.97. The first-order valence-electron chi connectivity index (χ1n) is 5.92. The molecule has 16 heavy (non-hydrogen) atoms. The van der Waals surface area contributed by atoms with Gasteiger partial charge in [-0.25, -0.2) is 0 Å². The average Bonchev–Trinajstić information content (AvgIpc) is 2.80. The highest BCUT2D eigenvalue weighted by atomic mass is 16.3. The van der Waals surface area contributed by atoms with Crippen LogP contribution in [0, 0.1) is 12.8 Å². The predicted molar refractivity (Wildman–Crippen MR) is 60.8 cm³/mol. The molecule has 0 bridgehead atoms. The summed E-state index contributed by atoms with van der Waals surface area (Å²) in [5.74, 6) is 2.29. The van der Waals surface area contributed by atoms with Crippen molar-refractivity contribution >= 4 is 0 Å². The molecule has 0 aliphatic heterocycles. The van der Waals surface area contributed by atoms with Gasteiger partial charge in [-0.2, -0.15) is 0 Å². The lowest BCUT2D eigenvalue weighted by molar-refractivity contribution is 0.131. The van der Waals surface area contributed by atoms with Crippen LogP contribution < -0.4 is 5.32 Å². The molecule has 1 saturated carbocycles. The van der Waals surface area contributed by atoms with Crippen LogP contribution >= 0.6 is 0 Å². The molecule has 0 aromatic carbocycles. The van der Waals surface area contributed by atoms with Crippen molar-refractivity contribution in [1.29, 1.82) is 0 Å². The number of nitrogens with one attached hydrogen (secondary N) is 1. The standard InChI is InChI=1S/C11H20N4O/c1-8-13-14-11(15(8)2)7-12-6-9-4-3-5-10(9)16/h9-10,12,16H,3-7H2,1-2H3. The zero-order valence-corrected chi connectivity index (χ0v) is 9.98. The molecular weight excluding hydrogens is 204 g/mol. The van der Waals surface area contributed by atoms with E-state index in [4.69, 9.17) is 0 Å². The Hall–Kier alpha value is -0.940. The summed E-state index contributed by atoms with van der Waals surface area (Å²) in [6.07, 6.45) is 3.12. The maximum atomic E-state index is 9.67. The summed E-state index contributed by atoms with van der Waals surface area (Å²) >= 11 is 0. The lowest BCUT2D eigenvalue weighted by Gasteiger charge is -2.14. The third kappa shape index (κ3) is 2.41. The zero-order chi connectivity index (χ0) is 11.5. The van der Waals surface area contributed by atoms with Gasteiger partial charge >= 0.3 is 0 Å². The minimum Gasteiger partial charge on any atom is -0.393 e. The van der Waals surface area contributed by atoms with Crippen LogP contribution in [-0.2, 0) is 13.6 Å². The molecule has 0 radical (unpaired) electrons. The van der Waals surface area contributed by atoms with Crippen molar-refractivity contribution in [3.63, 3.8) is 0 Å². The quantitative estimate of drug-likeness (QED) is 0.776. The summed E-state index contributed by atoms with van der Waals surface area (Å²) in [6.45, 7) is 3.53. The SMILES string of the molecule is Cc1nnc(CNCC2CCCC2O)n1C. The van der Waals surface area contributed by atoms with Gasteiger partial charge in [-0.05, 0) is 25.7 Å². The number of aliphatic hydroxyl groups is 1. The smallest absolute Gasteiger partial charge is 0.146 e. The Balaban J connectivity index is 1.77. The lowest BCUT2D eigenvalue weighted by Crippen LogP contribution is -2.28. The Bertz CT molecular complexity index is 350. The topological polar surface area (TPSA) is 63.0 Å². The Morgan fingerprint density at radius 3 is 2.81 bits per heavy atom. The Morgan fingerprint density at radius 2 is 2.25 bits per heavy atom. The number of aliphatic hydroxyl groups excluding tert-OH is 1. The molecule has 1 aliphatic carbocycles. The first-order valence-corrected chi connectivity index (χ1v) is 5.92. The molecule has 1 aliphatic rings. The van der Waals surface area contributed by atoms with E-state index in [2.05, 4.69) is 15.5 Å². The van der Waals surface area contributed by atoms with Gasteiger partial charge in [0.2, 0.25) is 0 Å². The largest absolute Gasteiger partial charge is 0.393 e. The highest BCUT2D eigenvalue weighted by molar-refractivity contribution is 4.92. The fourth-order valence-corrected chi connectivity index (χ4v) is 2.23. The van der Waals surface area contributed by atoms with Gasteiger partial charge in [0.1, 0.15) is 11.6 Å². The van der Waals surface area contributed by atoms with Gasteiger partial charge in [0, 0.05) is 13.6 Å². The average molecular weight is 224 g/mol. The number of rotatable bonds is 4. The predicted octanol–water partition coefficient (Wildman–Crippen LogP) is 0.374. The van der Waals surface area contributed by atoms with Crippen molar-refractivity contribution in [2.45, 2.75) is 38.8 Å².